The SMILES string of the molecule is O[C@@H](Cn1cc(-c2ccccc2)nn1)c1ccc(Cl)cc1. The Hall–Kier alpha value is -2.17. The number of hydrogen-bond acceptors (Lipinski definition) is 3. The summed E-state index contributed by atoms with van der Waals surface area (Å²) in [6, 6.07) is 17.0. The Labute approximate surface area is 127 Å². The minimum absolute atomic E-state index is 0.349. The lowest BCUT2D eigenvalue weighted by Gasteiger charge is -2.10. The lowest BCUT2D eigenvalue weighted by Crippen LogP contribution is -2.09. The zero-order valence-electron chi connectivity index (χ0n) is 11.2. The molecule has 4 nitrogen and oxygen atoms in total. The number of benzene rings is 2. The molecular formula is C16H14ClN3O. The fourth-order valence-corrected chi connectivity index (χ4v) is 2.22. The van der Waals surface area contributed by atoms with Crippen LogP contribution < -0.4 is 0 Å². The summed E-state index contributed by atoms with van der Waals surface area (Å²) in [5.41, 5.74) is 2.60. The van der Waals surface area contributed by atoms with Crippen molar-refractivity contribution in [1.82, 2.24) is 15.0 Å². The second-order valence-electron chi connectivity index (χ2n) is 4.76. The fraction of sp³-hybridized carbons (Fsp3) is 0.125. The molecule has 1 aromatic heterocycles. The molecule has 0 aliphatic carbocycles. The molecule has 0 radical (unpaired) electrons. The highest BCUT2D eigenvalue weighted by molar-refractivity contribution is 6.30. The Morgan fingerprint density at radius 3 is 2.48 bits per heavy atom. The van der Waals surface area contributed by atoms with Gasteiger partial charge >= 0.3 is 0 Å². The summed E-state index contributed by atoms with van der Waals surface area (Å²) in [5.74, 6) is 0. The quantitative estimate of drug-likeness (QED) is 0.804. The molecule has 1 N–H and O–H groups in total. The van der Waals surface area contributed by atoms with Crippen LogP contribution >= 0.6 is 11.6 Å². The van der Waals surface area contributed by atoms with Crippen LogP contribution in [0.5, 0.6) is 0 Å². The third-order valence-corrected chi connectivity index (χ3v) is 3.47. The summed E-state index contributed by atoms with van der Waals surface area (Å²) < 4.78 is 1.64. The van der Waals surface area contributed by atoms with Crippen molar-refractivity contribution in [1.29, 1.82) is 0 Å². The van der Waals surface area contributed by atoms with E-state index in [-0.39, 0.29) is 0 Å². The molecule has 106 valence electrons. The van der Waals surface area contributed by atoms with Gasteiger partial charge in [0.1, 0.15) is 5.69 Å². The normalized spacial score (nSPS) is 12.3. The smallest absolute Gasteiger partial charge is 0.113 e. The molecule has 2 aromatic carbocycles. The third kappa shape index (κ3) is 3.29. The Kier molecular flexibility index (Phi) is 3.99. The molecule has 0 fully saturated rings. The van der Waals surface area contributed by atoms with Crippen LogP contribution in [0.1, 0.15) is 11.7 Å². The van der Waals surface area contributed by atoms with Crippen LogP contribution in [0.4, 0.5) is 0 Å². The molecule has 0 aliphatic rings. The van der Waals surface area contributed by atoms with E-state index in [1.54, 1.807) is 16.8 Å². The summed E-state index contributed by atoms with van der Waals surface area (Å²) >= 11 is 5.84. The molecule has 0 saturated carbocycles. The summed E-state index contributed by atoms with van der Waals surface area (Å²) in [4.78, 5) is 0. The molecule has 0 saturated heterocycles. The fourth-order valence-electron chi connectivity index (χ4n) is 2.10. The maximum Gasteiger partial charge on any atom is 0.113 e. The number of aliphatic hydroxyl groups is 1. The average Bonchev–Trinajstić information content (AvgIpc) is 2.97. The molecule has 5 heteroatoms. The Morgan fingerprint density at radius 2 is 1.76 bits per heavy atom. The van der Waals surface area contributed by atoms with Gasteiger partial charge in [0.25, 0.3) is 0 Å². The summed E-state index contributed by atoms with van der Waals surface area (Å²) in [6.07, 6.45) is 1.18. The maximum absolute atomic E-state index is 10.2. The van der Waals surface area contributed by atoms with E-state index in [0.29, 0.717) is 11.6 Å². The molecule has 0 aliphatic heterocycles. The van der Waals surface area contributed by atoms with Crippen LogP contribution in [0.2, 0.25) is 5.02 Å². The van der Waals surface area contributed by atoms with Gasteiger partial charge in [-0.2, -0.15) is 0 Å². The van der Waals surface area contributed by atoms with E-state index >= 15 is 0 Å². The highest BCUT2D eigenvalue weighted by Crippen LogP contribution is 2.19. The molecule has 1 atom stereocenters. The van der Waals surface area contributed by atoms with E-state index in [0.717, 1.165) is 16.8 Å². The van der Waals surface area contributed by atoms with Gasteiger partial charge in [0.05, 0.1) is 18.8 Å². The number of aromatic nitrogens is 3. The molecule has 0 amide bonds. The first-order valence-electron chi connectivity index (χ1n) is 6.61. The first kappa shape index (κ1) is 13.8. The van der Waals surface area contributed by atoms with E-state index < -0.39 is 6.10 Å². The zero-order valence-corrected chi connectivity index (χ0v) is 12.0. The Bertz CT molecular complexity index is 710. The van der Waals surface area contributed by atoms with Crippen molar-refractivity contribution in [3.8, 4) is 11.3 Å². The van der Waals surface area contributed by atoms with Crippen LogP contribution in [0.15, 0.2) is 60.8 Å². The zero-order chi connectivity index (χ0) is 14.7. The van der Waals surface area contributed by atoms with Gasteiger partial charge in [-0.05, 0) is 17.7 Å². The van der Waals surface area contributed by atoms with Gasteiger partial charge in [-0.3, -0.25) is 0 Å². The summed E-state index contributed by atoms with van der Waals surface area (Å²) in [5, 5.41) is 19.0. The van der Waals surface area contributed by atoms with Gasteiger partial charge in [0.2, 0.25) is 0 Å². The topological polar surface area (TPSA) is 50.9 Å². The van der Waals surface area contributed by atoms with Crippen molar-refractivity contribution in [2.75, 3.05) is 0 Å². The Balaban J connectivity index is 1.74. The largest absolute Gasteiger partial charge is 0.386 e. The van der Waals surface area contributed by atoms with E-state index in [9.17, 15) is 5.11 Å². The number of nitrogens with zero attached hydrogens (tertiary/aromatic N) is 3. The van der Waals surface area contributed by atoms with Crippen molar-refractivity contribution in [2.24, 2.45) is 0 Å². The summed E-state index contributed by atoms with van der Waals surface area (Å²) in [6.45, 7) is 0.349. The molecule has 21 heavy (non-hydrogen) atoms. The van der Waals surface area contributed by atoms with Gasteiger partial charge in [-0.25, -0.2) is 4.68 Å². The molecule has 0 spiro atoms. The predicted octanol–water partition coefficient (Wildman–Crippen LogP) is 3.33. The second-order valence-corrected chi connectivity index (χ2v) is 5.20. The number of aliphatic hydroxyl groups excluding tert-OH is 1. The average molecular weight is 300 g/mol. The van der Waals surface area contributed by atoms with Crippen molar-refractivity contribution in [3.05, 3.63) is 71.4 Å². The number of rotatable bonds is 4. The van der Waals surface area contributed by atoms with Crippen LogP contribution in [0.25, 0.3) is 11.3 Å². The molecular weight excluding hydrogens is 286 g/mol. The molecule has 3 rings (SSSR count). The minimum Gasteiger partial charge on any atom is -0.386 e. The standard InChI is InChI=1S/C16H14ClN3O/c17-14-8-6-13(7-9-14)16(21)11-20-10-15(18-19-20)12-4-2-1-3-5-12/h1-10,16,21H,11H2/t16-/m0/s1. The third-order valence-electron chi connectivity index (χ3n) is 3.22. The first-order chi connectivity index (χ1) is 10.2. The lowest BCUT2D eigenvalue weighted by atomic mass is 10.1. The van der Waals surface area contributed by atoms with Gasteiger partial charge in [-0.1, -0.05) is 59.3 Å². The van der Waals surface area contributed by atoms with E-state index in [1.165, 1.54) is 0 Å². The van der Waals surface area contributed by atoms with Gasteiger partial charge in [-0.15, -0.1) is 5.10 Å². The van der Waals surface area contributed by atoms with E-state index in [1.807, 2.05) is 48.7 Å². The lowest BCUT2D eigenvalue weighted by molar-refractivity contribution is 0.150. The number of halogens is 1. The van der Waals surface area contributed by atoms with Crippen LogP contribution in [0.3, 0.4) is 0 Å². The molecule has 3 aromatic rings. The highest BCUT2D eigenvalue weighted by Gasteiger charge is 2.10. The van der Waals surface area contributed by atoms with Crippen molar-refractivity contribution >= 4 is 11.6 Å². The van der Waals surface area contributed by atoms with Crippen molar-refractivity contribution in [3.63, 3.8) is 0 Å². The Morgan fingerprint density at radius 1 is 1.05 bits per heavy atom. The van der Waals surface area contributed by atoms with Crippen molar-refractivity contribution < 1.29 is 5.11 Å². The maximum atomic E-state index is 10.2. The molecule has 0 unspecified atom stereocenters. The molecule has 1 heterocycles. The van der Waals surface area contributed by atoms with Crippen LogP contribution in [-0.4, -0.2) is 20.1 Å². The second kappa shape index (κ2) is 6.08. The number of hydrogen-bond donors (Lipinski definition) is 1. The van der Waals surface area contributed by atoms with Crippen molar-refractivity contribution in [2.45, 2.75) is 12.6 Å². The van der Waals surface area contributed by atoms with Gasteiger partial charge in [0.15, 0.2) is 0 Å². The van der Waals surface area contributed by atoms with Gasteiger partial charge < -0.3 is 5.11 Å². The minimum atomic E-state index is -0.646. The van der Waals surface area contributed by atoms with E-state index in [4.69, 9.17) is 11.6 Å². The first-order valence-corrected chi connectivity index (χ1v) is 6.99. The van der Waals surface area contributed by atoms with Crippen LogP contribution in [0, 0.1) is 0 Å². The monoisotopic (exact) mass is 299 g/mol. The summed E-state index contributed by atoms with van der Waals surface area (Å²) in [7, 11) is 0. The predicted molar refractivity (Wildman–Crippen MR) is 81.9 cm³/mol. The highest BCUT2D eigenvalue weighted by atomic mass is 35.5. The molecule has 0 bridgehead atoms. The van der Waals surface area contributed by atoms with E-state index in [2.05, 4.69) is 10.3 Å². The van der Waals surface area contributed by atoms with Crippen LogP contribution in [-0.2, 0) is 6.54 Å². The van der Waals surface area contributed by atoms with Gasteiger partial charge in [0, 0.05) is 10.6 Å².